The number of esters is 1. The van der Waals surface area contributed by atoms with E-state index >= 15 is 0 Å². The average molecular weight is 366 g/mol. The number of aromatic nitrogens is 2. The van der Waals surface area contributed by atoms with Gasteiger partial charge in [0, 0.05) is 12.4 Å². The van der Waals surface area contributed by atoms with Crippen LogP contribution in [0.15, 0.2) is 59.8 Å². The van der Waals surface area contributed by atoms with Crippen LogP contribution in [-0.4, -0.2) is 29.5 Å². The van der Waals surface area contributed by atoms with Crippen LogP contribution in [0.1, 0.15) is 16.1 Å². The predicted molar refractivity (Wildman–Crippen MR) is 83.9 cm³/mol. The van der Waals surface area contributed by atoms with Gasteiger partial charge in [-0.05, 0) is 36.4 Å². The van der Waals surface area contributed by atoms with E-state index in [0.29, 0.717) is 11.3 Å². The van der Waals surface area contributed by atoms with Crippen LogP contribution >= 0.6 is 0 Å². The normalized spacial score (nSPS) is 11.8. The average Bonchev–Trinajstić information content (AvgIpc) is 3.02. The molecule has 0 aliphatic heterocycles. The Kier molecular flexibility index (Phi) is 4.49. The van der Waals surface area contributed by atoms with Crippen molar-refractivity contribution in [3.8, 4) is 0 Å². The second-order valence-corrected chi connectivity index (χ2v) is 7.02. The molecular weight excluding hydrogens is 354 g/mol. The molecule has 0 saturated heterocycles. The maximum atomic E-state index is 12.5. The number of halogens is 2. The number of hydrogen-bond donors (Lipinski definition) is 0. The van der Waals surface area contributed by atoms with Crippen LogP contribution in [0.5, 0.6) is 0 Å². The Morgan fingerprint density at radius 3 is 2.52 bits per heavy atom. The second-order valence-electron chi connectivity index (χ2n) is 5.10. The monoisotopic (exact) mass is 366 g/mol. The van der Waals surface area contributed by atoms with E-state index in [-0.39, 0.29) is 12.2 Å². The molecule has 0 aliphatic carbocycles. The van der Waals surface area contributed by atoms with E-state index in [9.17, 15) is 22.0 Å². The summed E-state index contributed by atoms with van der Waals surface area (Å²) in [5.74, 6) is -4.22. The number of benzene rings is 1. The maximum absolute atomic E-state index is 12.5. The quantitative estimate of drug-likeness (QED) is 0.649. The Morgan fingerprint density at radius 1 is 1.16 bits per heavy atom. The molecule has 130 valence electrons. The summed E-state index contributed by atoms with van der Waals surface area (Å²) in [7, 11) is -4.69. The number of hydrogen-bond acceptors (Lipinski definition) is 5. The molecule has 0 N–H and O–H groups in total. The first-order valence-electron chi connectivity index (χ1n) is 7.10. The highest BCUT2D eigenvalue weighted by molar-refractivity contribution is 7.91. The molecule has 0 spiro atoms. The molecule has 0 amide bonds. The lowest BCUT2D eigenvalue weighted by atomic mass is 10.2. The predicted octanol–water partition coefficient (Wildman–Crippen LogP) is 2.69. The van der Waals surface area contributed by atoms with E-state index in [4.69, 9.17) is 4.74 Å². The number of rotatable bonds is 5. The summed E-state index contributed by atoms with van der Waals surface area (Å²) < 4.78 is 54.5. The van der Waals surface area contributed by atoms with Gasteiger partial charge in [0.1, 0.15) is 12.3 Å². The Balaban J connectivity index is 1.69. The SMILES string of the molecule is O=C(OCc1cn2ccccc2n1)c1ccc(S(=O)(=O)C(F)F)cc1. The fourth-order valence-corrected chi connectivity index (χ4v) is 2.88. The standard InChI is InChI=1S/C16H12F2N2O4S/c17-16(18)25(22,23)13-6-4-11(5-7-13)15(21)24-10-12-9-20-8-2-1-3-14(20)19-12/h1-9,16H,10H2. The van der Waals surface area contributed by atoms with Crippen LogP contribution in [-0.2, 0) is 21.2 Å². The highest BCUT2D eigenvalue weighted by atomic mass is 32.2. The van der Waals surface area contributed by atoms with Crippen molar-refractivity contribution in [3.63, 3.8) is 0 Å². The molecule has 2 heterocycles. The Morgan fingerprint density at radius 2 is 1.88 bits per heavy atom. The fraction of sp³-hybridized carbons (Fsp3) is 0.125. The van der Waals surface area contributed by atoms with Crippen molar-refractivity contribution in [1.82, 2.24) is 9.38 Å². The smallest absolute Gasteiger partial charge is 0.341 e. The maximum Gasteiger partial charge on any atom is 0.341 e. The highest BCUT2D eigenvalue weighted by Gasteiger charge is 2.26. The van der Waals surface area contributed by atoms with Crippen molar-refractivity contribution >= 4 is 21.5 Å². The van der Waals surface area contributed by atoms with E-state index in [1.807, 2.05) is 12.1 Å². The first kappa shape index (κ1) is 17.0. The van der Waals surface area contributed by atoms with Crippen molar-refractivity contribution in [1.29, 1.82) is 0 Å². The van der Waals surface area contributed by atoms with E-state index in [1.165, 1.54) is 0 Å². The minimum atomic E-state index is -4.69. The number of pyridine rings is 1. The summed E-state index contributed by atoms with van der Waals surface area (Å²) in [6.07, 6.45) is 3.51. The van der Waals surface area contributed by atoms with Gasteiger partial charge >= 0.3 is 11.7 Å². The number of carbonyl (C=O) groups excluding carboxylic acids is 1. The van der Waals surface area contributed by atoms with Crippen LogP contribution in [0.2, 0.25) is 0 Å². The zero-order chi connectivity index (χ0) is 18.0. The van der Waals surface area contributed by atoms with Crippen molar-refractivity contribution < 1.29 is 26.7 Å². The molecule has 25 heavy (non-hydrogen) atoms. The number of ether oxygens (including phenoxy) is 1. The number of sulfone groups is 1. The van der Waals surface area contributed by atoms with Gasteiger partial charge in [-0.25, -0.2) is 18.2 Å². The van der Waals surface area contributed by atoms with Crippen LogP contribution < -0.4 is 0 Å². The second kappa shape index (κ2) is 6.60. The number of nitrogens with zero attached hydrogens (tertiary/aromatic N) is 2. The van der Waals surface area contributed by atoms with Gasteiger partial charge in [0.05, 0.1) is 16.2 Å². The Bertz CT molecular complexity index is 981. The molecule has 2 aromatic heterocycles. The van der Waals surface area contributed by atoms with Crippen LogP contribution in [0.4, 0.5) is 8.78 Å². The number of carbonyl (C=O) groups is 1. The molecule has 9 heteroatoms. The Hall–Kier alpha value is -2.81. The molecule has 0 aliphatic rings. The zero-order valence-corrected chi connectivity index (χ0v) is 13.5. The first-order chi connectivity index (χ1) is 11.9. The van der Waals surface area contributed by atoms with Crippen molar-refractivity contribution in [2.75, 3.05) is 0 Å². The van der Waals surface area contributed by atoms with Gasteiger partial charge in [0.25, 0.3) is 0 Å². The van der Waals surface area contributed by atoms with Gasteiger partial charge < -0.3 is 9.14 Å². The van der Waals surface area contributed by atoms with E-state index in [0.717, 1.165) is 24.3 Å². The van der Waals surface area contributed by atoms with Crippen molar-refractivity contribution in [3.05, 3.63) is 66.1 Å². The fourth-order valence-electron chi connectivity index (χ4n) is 2.16. The number of imidazole rings is 1. The molecule has 1 aromatic carbocycles. The molecule has 0 radical (unpaired) electrons. The van der Waals surface area contributed by atoms with Gasteiger partial charge in [0.2, 0.25) is 9.84 Å². The molecular formula is C16H12F2N2O4S. The first-order valence-corrected chi connectivity index (χ1v) is 8.64. The molecule has 3 rings (SSSR count). The third kappa shape index (κ3) is 3.50. The van der Waals surface area contributed by atoms with Gasteiger partial charge in [-0.15, -0.1) is 0 Å². The van der Waals surface area contributed by atoms with Crippen LogP contribution in [0.25, 0.3) is 5.65 Å². The molecule has 3 aromatic rings. The molecule has 0 atom stereocenters. The van der Waals surface area contributed by atoms with Crippen LogP contribution in [0, 0.1) is 0 Å². The third-order valence-corrected chi connectivity index (χ3v) is 4.82. The summed E-state index contributed by atoms with van der Waals surface area (Å²) >= 11 is 0. The van der Waals surface area contributed by atoms with Gasteiger partial charge in [-0.1, -0.05) is 6.07 Å². The minimum Gasteiger partial charge on any atom is -0.456 e. The molecule has 0 unspecified atom stereocenters. The number of alkyl halides is 2. The van der Waals surface area contributed by atoms with Crippen LogP contribution in [0.3, 0.4) is 0 Å². The molecule has 0 saturated carbocycles. The Labute approximate surface area is 141 Å². The lowest BCUT2D eigenvalue weighted by molar-refractivity contribution is 0.0468. The largest absolute Gasteiger partial charge is 0.456 e. The third-order valence-electron chi connectivity index (χ3n) is 3.42. The lowest BCUT2D eigenvalue weighted by Gasteiger charge is -2.05. The van der Waals surface area contributed by atoms with Crippen molar-refractivity contribution in [2.24, 2.45) is 0 Å². The summed E-state index contributed by atoms with van der Waals surface area (Å²) in [6, 6.07) is 9.61. The topological polar surface area (TPSA) is 77.7 Å². The van der Waals surface area contributed by atoms with Gasteiger partial charge in [-0.2, -0.15) is 8.78 Å². The van der Waals surface area contributed by atoms with E-state index < -0.39 is 26.5 Å². The minimum absolute atomic E-state index is 0.0528. The molecule has 0 bridgehead atoms. The summed E-state index contributed by atoms with van der Waals surface area (Å²) in [4.78, 5) is 15.7. The summed E-state index contributed by atoms with van der Waals surface area (Å²) in [6.45, 7) is -0.0718. The lowest BCUT2D eigenvalue weighted by Crippen LogP contribution is -2.12. The molecule has 6 nitrogen and oxygen atoms in total. The summed E-state index contributed by atoms with van der Waals surface area (Å²) in [5.41, 5.74) is 1.29. The van der Waals surface area contributed by atoms with Gasteiger partial charge in [-0.3, -0.25) is 0 Å². The van der Waals surface area contributed by atoms with Gasteiger partial charge in [0.15, 0.2) is 0 Å². The van der Waals surface area contributed by atoms with Crippen molar-refractivity contribution in [2.45, 2.75) is 17.3 Å². The number of fused-ring (bicyclic) bond motifs is 1. The summed E-state index contributed by atoms with van der Waals surface area (Å²) in [5, 5.41) is 0. The molecule has 0 fully saturated rings. The van der Waals surface area contributed by atoms with E-state index in [1.54, 1.807) is 22.9 Å². The highest BCUT2D eigenvalue weighted by Crippen LogP contribution is 2.19. The zero-order valence-electron chi connectivity index (χ0n) is 12.7. The van der Waals surface area contributed by atoms with E-state index in [2.05, 4.69) is 4.98 Å².